The first-order chi connectivity index (χ1) is 18.8. The minimum absolute atomic E-state index is 0.143. The third-order valence-corrected chi connectivity index (χ3v) is 8.79. The second-order valence-corrected chi connectivity index (χ2v) is 11.6. The van der Waals surface area contributed by atoms with Crippen LogP contribution in [-0.2, 0) is 4.74 Å². The Morgan fingerprint density at radius 3 is 2.62 bits per heavy atom. The van der Waals surface area contributed by atoms with Gasteiger partial charge < -0.3 is 14.2 Å². The average Bonchev–Trinajstić information content (AvgIpc) is 3.64. The number of aromatic nitrogens is 6. The van der Waals surface area contributed by atoms with Gasteiger partial charge in [0.15, 0.2) is 0 Å². The Kier molecular flexibility index (Phi) is 6.93. The second-order valence-electron chi connectivity index (χ2n) is 11.2. The lowest BCUT2D eigenvalue weighted by Gasteiger charge is -2.34. The van der Waals surface area contributed by atoms with Crippen LogP contribution in [0.25, 0.3) is 33.8 Å². The Balaban J connectivity index is 1.60. The number of anilines is 1. The number of pyridine rings is 2. The van der Waals surface area contributed by atoms with E-state index in [0.717, 1.165) is 41.4 Å². The Morgan fingerprint density at radius 2 is 1.95 bits per heavy atom. The monoisotopic (exact) mass is 551 g/mol. The summed E-state index contributed by atoms with van der Waals surface area (Å²) < 4.78 is 12.9. The molecule has 4 aromatic heterocycles. The van der Waals surface area contributed by atoms with Crippen molar-refractivity contribution >= 4 is 28.6 Å². The molecule has 0 amide bonds. The van der Waals surface area contributed by atoms with E-state index in [1.807, 2.05) is 12.1 Å². The lowest BCUT2D eigenvalue weighted by Crippen LogP contribution is -2.32. The number of H-pyrrole nitrogens is 1. The van der Waals surface area contributed by atoms with Crippen molar-refractivity contribution in [2.24, 2.45) is 11.8 Å². The molecule has 206 valence electrons. The van der Waals surface area contributed by atoms with E-state index in [1.165, 1.54) is 25.7 Å². The summed E-state index contributed by atoms with van der Waals surface area (Å²) in [6.45, 7) is 7.64. The van der Waals surface area contributed by atoms with Gasteiger partial charge in [0.1, 0.15) is 5.69 Å². The normalized spacial score (nSPS) is 24.5. The van der Waals surface area contributed by atoms with E-state index < -0.39 is 5.76 Å². The zero-order valence-electron chi connectivity index (χ0n) is 22.7. The molecule has 6 rings (SSSR count). The first-order valence-corrected chi connectivity index (χ1v) is 14.1. The topological polar surface area (TPSA) is 115 Å². The zero-order valence-corrected chi connectivity index (χ0v) is 23.5. The average molecular weight is 552 g/mol. The summed E-state index contributed by atoms with van der Waals surface area (Å²) in [5.41, 5.74) is 3.59. The van der Waals surface area contributed by atoms with Crippen LogP contribution >= 0.6 is 11.6 Å². The van der Waals surface area contributed by atoms with Crippen LogP contribution in [0, 0.1) is 11.8 Å². The minimum atomic E-state index is -0.638. The molecule has 2 unspecified atom stereocenters. The number of hydrogen-bond acceptors (Lipinski definition) is 8. The maximum absolute atomic E-state index is 11.8. The van der Waals surface area contributed by atoms with Crippen LogP contribution < -0.4 is 10.7 Å². The van der Waals surface area contributed by atoms with E-state index >= 15 is 0 Å². The highest BCUT2D eigenvalue weighted by Crippen LogP contribution is 2.43. The zero-order chi connectivity index (χ0) is 27.3. The van der Waals surface area contributed by atoms with Gasteiger partial charge in [-0.15, -0.1) is 0 Å². The Bertz CT molecular complexity index is 1540. The molecule has 10 nitrogen and oxygen atoms in total. The summed E-state index contributed by atoms with van der Waals surface area (Å²) in [7, 11) is 1.77. The number of rotatable bonds is 6. The summed E-state index contributed by atoms with van der Waals surface area (Å²) >= 11 is 6.39. The number of methoxy groups -OCH3 is 1. The molecule has 1 aliphatic heterocycles. The second kappa shape index (κ2) is 10.4. The van der Waals surface area contributed by atoms with E-state index in [0.29, 0.717) is 22.3 Å². The quantitative estimate of drug-likeness (QED) is 0.334. The number of imidazole rings is 1. The standard InChI is InChI=1S/C28H34ClN7O3/c1-15-5-7-18(8-6-15)17(3)36-25-22(32-27(36)35-14-21(38-4)9-16(35)2)11-23(26-33-28(37)39-34-26)31-24(25)19-10-20(29)13-30-12-19/h10-13,15-18,21H,5-9,14H2,1-4H3,(H,33,34,37)/t15?,16-,17?,18?,21?/m1/s1. The molecule has 0 bridgehead atoms. The highest BCUT2D eigenvalue weighted by molar-refractivity contribution is 6.30. The maximum Gasteiger partial charge on any atom is 0.439 e. The molecule has 1 saturated carbocycles. The molecule has 0 spiro atoms. The largest absolute Gasteiger partial charge is 0.439 e. The third-order valence-electron chi connectivity index (χ3n) is 8.59. The Labute approximate surface area is 231 Å². The van der Waals surface area contributed by atoms with Gasteiger partial charge in [-0.05, 0) is 57.1 Å². The van der Waals surface area contributed by atoms with Gasteiger partial charge >= 0.3 is 5.76 Å². The van der Waals surface area contributed by atoms with Gasteiger partial charge in [-0.1, -0.05) is 36.5 Å². The van der Waals surface area contributed by atoms with Crippen LogP contribution in [0.15, 0.2) is 33.8 Å². The number of fused-ring (bicyclic) bond motifs is 1. The Hall–Kier alpha value is -3.24. The van der Waals surface area contributed by atoms with Crippen molar-refractivity contribution in [2.75, 3.05) is 18.6 Å². The van der Waals surface area contributed by atoms with E-state index in [-0.39, 0.29) is 24.0 Å². The first-order valence-electron chi connectivity index (χ1n) is 13.7. The van der Waals surface area contributed by atoms with Crippen LogP contribution in [0.2, 0.25) is 5.02 Å². The SMILES string of the molecule is COC1C[C@@H](C)N(c2nc3cc(-c4noc(=O)[nH]4)nc(-c4cncc(Cl)c4)c3n2C(C)C2CCC(C)CC2)C1. The lowest BCUT2D eigenvalue weighted by atomic mass is 9.79. The minimum Gasteiger partial charge on any atom is -0.380 e. The molecule has 11 heteroatoms. The van der Waals surface area contributed by atoms with Crippen molar-refractivity contribution in [3.63, 3.8) is 0 Å². The molecule has 1 N–H and O–H groups in total. The van der Waals surface area contributed by atoms with Crippen LogP contribution in [-0.4, -0.2) is 55.5 Å². The van der Waals surface area contributed by atoms with Gasteiger partial charge in [0.05, 0.1) is 27.9 Å². The molecule has 0 aromatic carbocycles. The summed E-state index contributed by atoms with van der Waals surface area (Å²) in [5, 5.41) is 4.41. The molecular formula is C28H34ClN7O3. The van der Waals surface area contributed by atoms with Crippen LogP contribution in [0.5, 0.6) is 0 Å². The number of nitrogens with one attached hydrogen (secondary N) is 1. The van der Waals surface area contributed by atoms with Gasteiger partial charge in [0.25, 0.3) is 0 Å². The summed E-state index contributed by atoms with van der Waals surface area (Å²) in [6.07, 6.45) is 9.26. The predicted octanol–water partition coefficient (Wildman–Crippen LogP) is 5.49. The van der Waals surface area contributed by atoms with Crippen molar-refractivity contribution in [2.45, 2.75) is 71.1 Å². The summed E-state index contributed by atoms with van der Waals surface area (Å²) in [4.78, 5) is 31.3. The van der Waals surface area contributed by atoms with Gasteiger partial charge in [-0.2, -0.15) is 0 Å². The molecule has 0 radical (unpaired) electrons. The van der Waals surface area contributed by atoms with Crippen molar-refractivity contribution in [3.8, 4) is 22.8 Å². The molecule has 1 aliphatic carbocycles. The fraction of sp³-hybridized carbons (Fsp3) is 0.536. The van der Waals surface area contributed by atoms with Gasteiger partial charge in [0, 0.05) is 43.7 Å². The number of aromatic amines is 1. The fourth-order valence-corrected chi connectivity index (χ4v) is 6.49. The third kappa shape index (κ3) is 4.84. The van der Waals surface area contributed by atoms with Gasteiger partial charge in [-0.3, -0.25) is 14.5 Å². The number of hydrogen-bond donors (Lipinski definition) is 1. The molecule has 1 saturated heterocycles. The predicted molar refractivity (Wildman–Crippen MR) is 150 cm³/mol. The van der Waals surface area contributed by atoms with E-state index in [4.69, 9.17) is 30.8 Å². The van der Waals surface area contributed by atoms with Crippen LogP contribution in [0.4, 0.5) is 5.95 Å². The van der Waals surface area contributed by atoms with Crippen molar-refractivity contribution in [3.05, 3.63) is 40.1 Å². The van der Waals surface area contributed by atoms with Crippen molar-refractivity contribution in [1.82, 2.24) is 29.7 Å². The highest BCUT2D eigenvalue weighted by atomic mass is 35.5. The smallest absolute Gasteiger partial charge is 0.380 e. The highest BCUT2D eigenvalue weighted by Gasteiger charge is 2.36. The number of nitrogens with zero attached hydrogens (tertiary/aromatic N) is 6. The van der Waals surface area contributed by atoms with Crippen LogP contribution in [0.3, 0.4) is 0 Å². The molecule has 3 atom stereocenters. The fourth-order valence-electron chi connectivity index (χ4n) is 6.31. The van der Waals surface area contributed by atoms with Gasteiger partial charge in [-0.25, -0.2) is 14.8 Å². The molecule has 5 heterocycles. The van der Waals surface area contributed by atoms with E-state index in [9.17, 15) is 4.79 Å². The van der Waals surface area contributed by atoms with Crippen molar-refractivity contribution in [1.29, 1.82) is 0 Å². The molecule has 2 fully saturated rings. The molecule has 2 aliphatic rings. The molecule has 4 aromatic rings. The van der Waals surface area contributed by atoms with Crippen LogP contribution in [0.1, 0.15) is 58.9 Å². The van der Waals surface area contributed by atoms with E-state index in [2.05, 4.69) is 45.4 Å². The number of halogens is 1. The summed E-state index contributed by atoms with van der Waals surface area (Å²) in [6, 6.07) is 4.18. The molecular weight excluding hydrogens is 518 g/mol. The molecule has 39 heavy (non-hydrogen) atoms. The summed E-state index contributed by atoms with van der Waals surface area (Å²) in [5.74, 6) is 1.80. The number of ether oxygens (including phenoxy) is 1. The van der Waals surface area contributed by atoms with Crippen molar-refractivity contribution < 1.29 is 9.26 Å². The van der Waals surface area contributed by atoms with E-state index in [1.54, 1.807) is 19.5 Å². The maximum atomic E-state index is 11.8. The Morgan fingerprint density at radius 1 is 1.15 bits per heavy atom. The van der Waals surface area contributed by atoms with Gasteiger partial charge in [0.2, 0.25) is 11.8 Å². The first kappa shape index (κ1) is 26.0. The lowest BCUT2D eigenvalue weighted by molar-refractivity contribution is 0.118.